The lowest BCUT2D eigenvalue weighted by atomic mass is 9.90. The average molecular weight is 463 g/mol. The summed E-state index contributed by atoms with van der Waals surface area (Å²) in [4.78, 5) is 0. The van der Waals surface area contributed by atoms with Crippen LogP contribution in [0.25, 0.3) is 11.6 Å². The quantitative estimate of drug-likeness (QED) is 0.242. The second-order valence-corrected chi connectivity index (χ2v) is 8.23. The highest BCUT2D eigenvalue weighted by atomic mass is 19.1. The van der Waals surface area contributed by atoms with Crippen molar-refractivity contribution in [3.05, 3.63) is 114 Å². The molecule has 3 N–H and O–H groups in total. The summed E-state index contributed by atoms with van der Waals surface area (Å²) in [5, 5.41) is 30.9. The number of hydrogen-bond donors (Lipinski definition) is 3. The minimum absolute atomic E-state index is 0.0802. The van der Waals surface area contributed by atoms with E-state index in [2.05, 4.69) is 6.58 Å². The predicted octanol–water partition coefficient (Wildman–Crippen LogP) is 5.59. The first-order chi connectivity index (χ1) is 16.5. The number of phenolic OH excluding ortho intramolecular Hbond substituents is 1. The molecule has 0 saturated carbocycles. The van der Waals surface area contributed by atoms with Crippen molar-refractivity contribution in [3.63, 3.8) is 0 Å². The number of aliphatic hydroxyl groups excluding tert-OH is 2. The van der Waals surface area contributed by atoms with E-state index in [9.17, 15) is 19.7 Å². The van der Waals surface area contributed by atoms with E-state index in [4.69, 9.17) is 4.74 Å². The van der Waals surface area contributed by atoms with Gasteiger partial charge in [-0.1, -0.05) is 78.9 Å². The van der Waals surface area contributed by atoms with E-state index >= 15 is 0 Å². The zero-order valence-corrected chi connectivity index (χ0v) is 19.1. The molecule has 5 heteroatoms. The highest BCUT2D eigenvalue weighted by molar-refractivity contribution is 5.81. The van der Waals surface area contributed by atoms with Gasteiger partial charge in [0, 0.05) is 5.92 Å². The van der Waals surface area contributed by atoms with Crippen LogP contribution in [0.4, 0.5) is 4.39 Å². The first kappa shape index (κ1) is 25.4. The molecule has 0 aromatic heterocycles. The van der Waals surface area contributed by atoms with Gasteiger partial charge in [-0.15, -0.1) is 6.58 Å². The summed E-state index contributed by atoms with van der Waals surface area (Å²) in [5.74, 6) is -1.64. The highest BCUT2D eigenvalue weighted by Gasteiger charge is 2.24. The maximum absolute atomic E-state index is 13.8. The van der Waals surface area contributed by atoms with Crippen molar-refractivity contribution < 1.29 is 24.4 Å². The second-order valence-electron chi connectivity index (χ2n) is 8.23. The van der Waals surface area contributed by atoms with Crippen LogP contribution >= 0.6 is 0 Å². The Kier molecular flexibility index (Phi) is 9.59. The van der Waals surface area contributed by atoms with Crippen LogP contribution in [-0.4, -0.2) is 34.1 Å². The van der Waals surface area contributed by atoms with Gasteiger partial charge >= 0.3 is 0 Å². The summed E-state index contributed by atoms with van der Waals surface area (Å²) in [6.07, 6.45) is 2.53. The fourth-order valence-corrected chi connectivity index (χ4v) is 3.82. The Morgan fingerprint density at radius 3 is 2.26 bits per heavy atom. The minimum atomic E-state index is -0.897. The predicted molar refractivity (Wildman–Crippen MR) is 133 cm³/mol. The monoisotopic (exact) mass is 462 g/mol. The van der Waals surface area contributed by atoms with Crippen molar-refractivity contribution in [1.29, 1.82) is 0 Å². The second kappa shape index (κ2) is 12.8. The molecule has 0 amide bonds. The van der Waals surface area contributed by atoms with Crippen molar-refractivity contribution >= 4 is 11.6 Å². The van der Waals surface area contributed by atoms with Gasteiger partial charge in [0.25, 0.3) is 0 Å². The van der Waals surface area contributed by atoms with Gasteiger partial charge in [0.2, 0.25) is 0 Å². The third kappa shape index (κ3) is 7.39. The Balaban J connectivity index is 1.65. The molecule has 34 heavy (non-hydrogen) atoms. The Labute approximate surface area is 200 Å². The van der Waals surface area contributed by atoms with Crippen molar-refractivity contribution in [1.82, 2.24) is 0 Å². The summed E-state index contributed by atoms with van der Waals surface area (Å²) < 4.78 is 19.5. The van der Waals surface area contributed by atoms with Gasteiger partial charge in [-0.3, -0.25) is 0 Å². The first-order valence-corrected chi connectivity index (χ1v) is 11.3. The largest absolute Gasteiger partial charge is 0.505 e. The normalized spacial score (nSPS) is 14.4. The van der Waals surface area contributed by atoms with Crippen LogP contribution in [0.3, 0.4) is 0 Å². The SMILES string of the molecule is C=C[C@H]([C@H](O)CC/C(=C/c1ccc(O)c(F)c1)c1ccccc1)[C@H](O)COCc1ccccc1. The summed E-state index contributed by atoms with van der Waals surface area (Å²) in [6, 6.07) is 23.5. The number of aliphatic hydroxyl groups is 2. The topological polar surface area (TPSA) is 69.9 Å². The molecule has 0 heterocycles. The molecular formula is C29H31FO4. The molecule has 3 aromatic rings. The van der Waals surface area contributed by atoms with E-state index in [-0.39, 0.29) is 6.61 Å². The Hall–Kier alpha value is -3.25. The van der Waals surface area contributed by atoms with Crippen LogP contribution in [0, 0.1) is 11.7 Å². The van der Waals surface area contributed by atoms with E-state index in [1.807, 2.05) is 66.7 Å². The lowest BCUT2D eigenvalue weighted by Gasteiger charge is -2.25. The van der Waals surface area contributed by atoms with E-state index in [0.717, 1.165) is 16.7 Å². The summed E-state index contributed by atoms with van der Waals surface area (Å²) in [5.41, 5.74) is 3.47. The van der Waals surface area contributed by atoms with E-state index < -0.39 is 29.7 Å². The lowest BCUT2D eigenvalue weighted by Crippen LogP contribution is -2.33. The highest BCUT2D eigenvalue weighted by Crippen LogP contribution is 2.27. The van der Waals surface area contributed by atoms with Crippen molar-refractivity contribution in [2.24, 2.45) is 5.92 Å². The summed E-state index contributed by atoms with van der Waals surface area (Å²) in [7, 11) is 0. The van der Waals surface area contributed by atoms with Crippen LogP contribution in [0.15, 0.2) is 91.5 Å². The summed E-state index contributed by atoms with van der Waals surface area (Å²) in [6.45, 7) is 4.24. The maximum Gasteiger partial charge on any atom is 0.165 e. The molecule has 3 rings (SSSR count). The zero-order valence-electron chi connectivity index (χ0n) is 19.1. The molecule has 178 valence electrons. The van der Waals surface area contributed by atoms with Crippen LogP contribution in [-0.2, 0) is 11.3 Å². The molecule has 0 saturated heterocycles. The smallest absolute Gasteiger partial charge is 0.165 e. The third-order valence-electron chi connectivity index (χ3n) is 5.73. The molecule has 4 nitrogen and oxygen atoms in total. The van der Waals surface area contributed by atoms with E-state index in [1.54, 1.807) is 12.1 Å². The van der Waals surface area contributed by atoms with Crippen LogP contribution in [0.2, 0.25) is 0 Å². The molecule has 0 aliphatic heterocycles. The van der Waals surface area contributed by atoms with Crippen LogP contribution in [0.1, 0.15) is 29.5 Å². The van der Waals surface area contributed by atoms with E-state index in [1.165, 1.54) is 12.1 Å². The van der Waals surface area contributed by atoms with Crippen LogP contribution in [0.5, 0.6) is 5.75 Å². The fraction of sp³-hybridized carbons (Fsp3) is 0.241. The fourth-order valence-electron chi connectivity index (χ4n) is 3.82. The Bertz CT molecular complexity index is 1070. The molecule has 0 unspecified atom stereocenters. The molecule has 0 fully saturated rings. The molecule has 0 spiro atoms. The van der Waals surface area contributed by atoms with Gasteiger partial charge in [0.1, 0.15) is 0 Å². The lowest BCUT2D eigenvalue weighted by molar-refractivity contribution is -0.0270. The molecule has 3 aromatic carbocycles. The molecule has 3 atom stereocenters. The maximum atomic E-state index is 13.8. The molecular weight excluding hydrogens is 431 g/mol. The van der Waals surface area contributed by atoms with Crippen molar-refractivity contribution in [3.8, 4) is 5.75 Å². The van der Waals surface area contributed by atoms with Gasteiger partial charge in [-0.05, 0) is 47.2 Å². The average Bonchev–Trinajstić information content (AvgIpc) is 2.85. The summed E-state index contributed by atoms with van der Waals surface area (Å²) >= 11 is 0. The minimum Gasteiger partial charge on any atom is -0.505 e. The van der Waals surface area contributed by atoms with Crippen molar-refractivity contribution in [2.75, 3.05) is 6.61 Å². The standard InChI is InChI=1S/C29H31FO4/c1-2-25(29(33)20-34-19-21-9-5-3-6-10-21)27(31)16-14-24(23-11-7-4-8-12-23)17-22-13-15-28(32)26(30)18-22/h2-13,15,17-18,25,27,29,31-33H,1,14,16,19-20H2/b24-17-/t25-,27-,29-/m1/s1. The van der Waals surface area contributed by atoms with E-state index in [0.29, 0.717) is 25.0 Å². The van der Waals surface area contributed by atoms with Gasteiger partial charge < -0.3 is 20.1 Å². The molecule has 0 radical (unpaired) electrons. The van der Waals surface area contributed by atoms with Crippen LogP contribution < -0.4 is 0 Å². The zero-order chi connectivity index (χ0) is 24.3. The number of rotatable bonds is 12. The molecule has 0 aliphatic carbocycles. The van der Waals surface area contributed by atoms with Gasteiger partial charge in [0.15, 0.2) is 11.6 Å². The number of allylic oxidation sites excluding steroid dienone is 1. The number of aromatic hydroxyl groups is 1. The third-order valence-corrected chi connectivity index (χ3v) is 5.73. The van der Waals surface area contributed by atoms with Gasteiger partial charge in [0.05, 0.1) is 25.4 Å². The molecule has 0 aliphatic rings. The van der Waals surface area contributed by atoms with Crippen molar-refractivity contribution in [2.45, 2.75) is 31.7 Å². The van der Waals surface area contributed by atoms with Gasteiger partial charge in [-0.2, -0.15) is 0 Å². The number of hydrogen-bond acceptors (Lipinski definition) is 4. The van der Waals surface area contributed by atoms with Gasteiger partial charge in [-0.25, -0.2) is 4.39 Å². The Morgan fingerprint density at radius 2 is 1.62 bits per heavy atom. The Morgan fingerprint density at radius 1 is 0.941 bits per heavy atom. The number of halogens is 1. The number of benzene rings is 3. The first-order valence-electron chi connectivity index (χ1n) is 11.3. The molecule has 0 bridgehead atoms. The number of phenols is 1. The number of ether oxygens (including phenoxy) is 1.